The average molecular weight is 188 g/mol. The zero-order valence-corrected chi connectivity index (χ0v) is 8.79. The first-order chi connectivity index (χ1) is 5.93. The number of nitrogens with one attached hydrogen (secondary N) is 2. The number of rotatable bonds is 5. The standard InChI is InChI=1S/C9H20N2O2/c1-6(2)11-9(13)8(4)10-5-7(3)12/h6-8,10,12H,5H2,1-4H3,(H,11,13)/t7-,8?/m1/s1. The van der Waals surface area contributed by atoms with Crippen molar-refractivity contribution in [3.63, 3.8) is 0 Å². The van der Waals surface area contributed by atoms with Crippen LogP contribution in [0.15, 0.2) is 0 Å². The van der Waals surface area contributed by atoms with Crippen molar-refractivity contribution in [2.24, 2.45) is 0 Å². The highest BCUT2D eigenvalue weighted by atomic mass is 16.3. The van der Waals surface area contributed by atoms with Crippen molar-refractivity contribution in [2.75, 3.05) is 6.54 Å². The lowest BCUT2D eigenvalue weighted by Gasteiger charge is -2.16. The fraction of sp³-hybridized carbons (Fsp3) is 0.889. The molecule has 3 N–H and O–H groups in total. The van der Waals surface area contributed by atoms with E-state index >= 15 is 0 Å². The van der Waals surface area contributed by atoms with Crippen LogP contribution in [0.4, 0.5) is 0 Å². The fourth-order valence-electron chi connectivity index (χ4n) is 0.850. The van der Waals surface area contributed by atoms with Gasteiger partial charge in [0.25, 0.3) is 0 Å². The summed E-state index contributed by atoms with van der Waals surface area (Å²) in [6.07, 6.45) is -0.422. The van der Waals surface area contributed by atoms with Crippen LogP contribution in [0.5, 0.6) is 0 Å². The van der Waals surface area contributed by atoms with E-state index in [4.69, 9.17) is 5.11 Å². The third-order valence-electron chi connectivity index (χ3n) is 1.54. The van der Waals surface area contributed by atoms with Gasteiger partial charge < -0.3 is 15.7 Å². The molecule has 4 nitrogen and oxygen atoms in total. The molecule has 0 aliphatic heterocycles. The van der Waals surface area contributed by atoms with Gasteiger partial charge in [0, 0.05) is 12.6 Å². The normalized spacial score (nSPS) is 15.5. The minimum absolute atomic E-state index is 0.0318. The van der Waals surface area contributed by atoms with E-state index in [9.17, 15) is 4.79 Å². The molecule has 0 aliphatic rings. The van der Waals surface area contributed by atoms with Gasteiger partial charge in [-0.05, 0) is 27.7 Å². The van der Waals surface area contributed by atoms with Crippen molar-refractivity contribution in [3.8, 4) is 0 Å². The van der Waals surface area contributed by atoms with Crippen molar-refractivity contribution in [1.29, 1.82) is 0 Å². The van der Waals surface area contributed by atoms with Crippen molar-refractivity contribution in [3.05, 3.63) is 0 Å². The van der Waals surface area contributed by atoms with E-state index in [1.54, 1.807) is 13.8 Å². The van der Waals surface area contributed by atoms with Gasteiger partial charge in [-0.3, -0.25) is 4.79 Å². The molecule has 0 aromatic carbocycles. The van der Waals surface area contributed by atoms with Crippen LogP contribution >= 0.6 is 0 Å². The maximum absolute atomic E-state index is 11.3. The van der Waals surface area contributed by atoms with Crippen LogP contribution in [0.2, 0.25) is 0 Å². The van der Waals surface area contributed by atoms with Crippen LogP contribution in [-0.2, 0) is 4.79 Å². The van der Waals surface area contributed by atoms with Crippen molar-refractivity contribution < 1.29 is 9.90 Å². The lowest BCUT2D eigenvalue weighted by molar-refractivity contribution is -0.123. The molecule has 0 spiro atoms. The first-order valence-corrected chi connectivity index (χ1v) is 4.65. The molecular formula is C9H20N2O2. The third-order valence-corrected chi connectivity index (χ3v) is 1.54. The molecule has 4 heteroatoms. The predicted molar refractivity (Wildman–Crippen MR) is 52.4 cm³/mol. The summed E-state index contributed by atoms with van der Waals surface area (Å²) in [6, 6.07) is -0.0969. The summed E-state index contributed by atoms with van der Waals surface area (Å²) in [7, 11) is 0. The molecule has 0 aromatic rings. The molecule has 2 atom stereocenters. The molecule has 0 aromatic heterocycles. The summed E-state index contributed by atoms with van der Waals surface area (Å²) >= 11 is 0. The second kappa shape index (κ2) is 5.94. The summed E-state index contributed by atoms with van der Waals surface area (Å²) in [5, 5.41) is 14.7. The van der Waals surface area contributed by atoms with Crippen LogP contribution in [0.1, 0.15) is 27.7 Å². The minimum Gasteiger partial charge on any atom is -0.392 e. The monoisotopic (exact) mass is 188 g/mol. The van der Waals surface area contributed by atoms with Gasteiger partial charge in [-0.25, -0.2) is 0 Å². The van der Waals surface area contributed by atoms with Crippen LogP contribution in [-0.4, -0.2) is 35.7 Å². The zero-order chi connectivity index (χ0) is 10.4. The first-order valence-electron chi connectivity index (χ1n) is 4.65. The minimum atomic E-state index is -0.422. The molecule has 0 radical (unpaired) electrons. The molecule has 1 amide bonds. The molecule has 0 aliphatic carbocycles. The Kier molecular flexibility index (Phi) is 5.66. The molecule has 0 rings (SSSR count). The van der Waals surface area contributed by atoms with E-state index < -0.39 is 6.10 Å². The maximum Gasteiger partial charge on any atom is 0.237 e. The van der Waals surface area contributed by atoms with Gasteiger partial charge in [-0.2, -0.15) is 0 Å². The second-order valence-corrected chi connectivity index (χ2v) is 3.64. The highest BCUT2D eigenvalue weighted by Crippen LogP contribution is 1.86. The summed E-state index contributed by atoms with van der Waals surface area (Å²) in [6.45, 7) is 7.73. The maximum atomic E-state index is 11.3. The van der Waals surface area contributed by atoms with E-state index in [0.29, 0.717) is 6.54 Å². The Bertz CT molecular complexity index is 158. The summed E-state index contributed by atoms with van der Waals surface area (Å²) in [5.41, 5.74) is 0. The van der Waals surface area contributed by atoms with E-state index in [0.717, 1.165) is 0 Å². The quantitative estimate of drug-likeness (QED) is 0.563. The molecule has 1 unspecified atom stereocenters. The van der Waals surface area contributed by atoms with Crippen LogP contribution < -0.4 is 10.6 Å². The molecule has 0 saturated heterocycles. The van der Waals surface area contributed by atoms with Gasteiger partial charge in [-0.1, -0.05) is 0 Å². The number of aliphatic hydroxyl groups is 1. The summed E-state index contributed by atoms with van der Waals surface area (Å²) in [4.78, 5) is 11.3. The molecule has 13 heavy (non-hydrogen) atoms. The number of hydrogen-bond donors (Lipinski definition) is 3. The Balaban J connectivity index is 3.69. The van der Waals surface area contributed by atoms with Crippen molar-refractivity contribution in [2.45, 2.75) is 45.9 Å². The summed E-state index contributed by atoms with van der Waals surface area (Å²) < 4.78 is 0. The van der Waals surface area contributed by atoms with Crippen LogP contribution in [0, 0.1) is 0 Å². The summed E-state index contributed by atoms with van der Waals surface area (Å²) in [5.74, 6) is -0.0318. The van der Waals surface area contributed by atoms with Gasteiger partial charge in [0.2, 0.25) is 5.91 Å². The number of carbonyl (C=O) groups is 1. The highest BCUT2D eigenvalue weighted by Gasteiger charge is 2.12. The fourth-order valence-corrected chi connectivity index (χ4v) is 0.850. The Hall–Kier alpha value is -0.610. The number of amides is 1. The van der Waals surface area contributed by atoms with E-state index in [1.165, 1.54) is 0 Å². The van der Waals surface area contributed by atoms with Gasteiger partial charge in [-0.15, -0.1) is 0 Å². The topological polar surface area (TPSA) is 61.4 Å². The smallest absolute Gasteiger partial charge is 0.237 e. The van der Waals surface area contributed by atoms with Crippen LogP contribution in [0.3, 0.4) is 0 Å². The molecule has 0 saturated carbocycles. The predicted octanol–water partition coefficient (Wildman–Crippen LogP) is -0.130. The van der Waals surface area contributed by atoms with Gasteiger partial charge >= 0.3 is 0 Å². The van der Waals surface area contributed by atoms with Gasteiger partial charge in [0.15, 0.2) is 0 Å². The molecule has 0 heterocycles. The Labute approximate surface area is 79.7 Å². The lowest BCUT2D eigenvalue weighted by atomic mass is 10.2. The van der Waals surface area contributed by atoms with E-state index in [-0.39, 0.29) is 18.0 Å². The zero-order valence-electron chi connectivity index (χ0n) is 8.79. The Morgan fingerprint density at radius 1 is 1.31 bits per heavy atom. The Morgan fingerprint density at radius 3 is 2.23 bits per heavy atom. The Morgan fingerprint density at radius 2 is 1.85 bits per heavy atom. The third kappa shape index (κ3) is 6.54. The average Bonchev–Trinajstić information content (AvgIpc) is 1.98. The highest BCUT2D eigenvalue weighted by molar-refractivity contribution is 5.81. The van der Waals surface area contributed by atoms with Crippen molar-refractivity contribution >= 4 is 5.91 Å². The number of carbonyl (C=O) groups excluding carboxylic acids is 1. The first kappa shape index (κ1) is 12.4. The van der Waals surface area contributed by atoms with Crippen molar-refractivity contribution in [1.82, 2.24) is 10.6 Å². The largest absolute Gasteiger partial charge is 0.392 e. The molecule has 0 bridgehead atoms. The van der Waals surface area contributed by atoms with Gasteiger partial charge in [0.05, 0.1) is 12.1 Å². The lowest BCUT2D eigenvalue weighted by Crippen LogP contribution is -2.46. The van der Waals surface area contributed by atoms with Gasteiger partial charge in [0.1, 0.15) is 0 Å². The van der Waals surface area contributed by atoms with E-state index in [1.807, 2.05) is 13.8 Å². The second-order valence-electron chi connectivity index (χ2n) is 3.64. The number of aliphatic hydroxyl groups excluding tert-OH is 1. The SMILES string of the molecule is CC(C)NC(=O)C(C)NC[C@@H](C)O. The molecule has 78 valence electrons. The molecular weight excluding hydrogens is 168 g/mol. The van der Waals surface area contributed by atoms with E-state index in [2.05, 4.69) is 10.6 Å². The molecule has 0 fully saturated rings. The number of hydrogen-bond acceptors (Lipinski definition) is 3. The van der Waals surface area contributed by atoms with Crippen LogP contribution in [0.25, 0.3) is 0 Å².